The minimum Gasteiger partial charge on any atom is -0.505 e. The zero-order chi connectivity index (χ0) is 24.7. The molecular formula is C27H36ClN3O3. The van der Waals surface area contributed by atoms with Crippen LogP contribution >= 0.6 is 11.6 Å². The topological polar surface area (TPSA) is 77.2 Å². The normalized spacial score (nSPS) is 11.8. The highest BCUT2D eigenvalue weighted by molar-refractivity contribution is 6.31. The first kappa shape index (κ1) is 26.0. The number of fused-ring (bicyclic) bond motifs is 1. The first-order valence-corrected chi connectivity index (χ1v) is 12.6. The fraction of sp³-hybridized carbons (Fsp3) is 0.519. The Morgan fingerprint density at radius 1 is 1.09 bits per heavy atom. The lowest BCUT2D eigenvalue weighted by Gasteiger charge is -2.23. The SMILES string of the molecule is CCCCCCCCOC(=O)CCc1cc(-n2nnc3cc(Cl)ccc32)c(O)c(C(C)(C)C)c1. The summed E-state index contributed by atoms with van der Waals surface area (Å²) in [6.45, 7) is 8.82. The Balaban J connectivity index is 1.73. The third kappa shape index (κ3) is 6.72. The third-order valence-corrected chi connectivity index (χ3v) is 6.21. The van der Waals surface area contributed by atoms with Crippen molar-refractivity contribution in [1.29, 1.82) is 0 Å². The predicted octanol–water partition coefficient (Wildman–Crippen LogP) is 6.91. The minimum atomic E-state index is -0.299. The molecule has 6 nitrogen and oxygen atoms in total. The summed E-state index contributed by atoms with van der Waals surface area (Å²) in [4.78, 5) is 12.3. The summed E-state index contributed by atoms with van der Waals surface area (Å²) in [7, 11) is 0. The number of hydrogen-bond acceptors (Lipinski definition) is 5. The average molecular weight is 486 g/mol. The lowest BCUT2D eigenvalue weighted by molar-refractivity contribution is -0.143. The van der Waals surface area contributed by atoms with Crippen molar-refractivity contribution in [3.05, 3.63) is 46.5 Å². The molecule has 0 bridgehead atoms. The number of esters is 1. The molecule has 0 saturated carbocycles. The van der Waals surface area contributed by atoms with Gasteiger partial charge in [0.05, 0.1) is 12.1 Å². The van der Waals surface area contributed by atoms with Crippen LogP contribution in [-0.2, 0) is 21.4 Å². The van der Waals surface area contributed by atoms with E-state index in [0.717, 1.165) is 29.5 Å². The van der Waals surface area contributed by atoms with E-state index in [4.69, 9.17) is 16.3 Å². The van der Waals surface area contributed by atoms with Gasteiger partial charge in [-0.25, -0.2) is 4.68 Å². The lowest BCUT2D eigenvalue weighted by Crippen LogP contribution is -2.14. The van der Waals surface area contributed by atoms with Gasteiger partial charge < -0.3 is 9.84 Å². The second-order valence-electron chi connectivity index (χ2n) is 9.88. The maximum atomic E-state index is 12.3. The number of aromatic hydroxyl groups is 1. The van der Waals surface area contributed by atoms with Gasteiger partial charge in [0.25, 0.3) is 0 Å². The van der Waals surface area contributed by atoms with E-state index in [2.05, 4.69) is 17.2 Å². The van der Waals surface area contributed by atoms with Gasteiger partial charge in [-0.1, -0.05) is 82.7 Å². The molecule has 1 N–H and O–H groups in total. The zero-order valence-corrected chi connectivity index (χ0v) is 21.5. The molecule has 0 saturated heterocycles. The van der Waals surface area contributed by atoms with Crippen molar-refractivity contribution in [2.45, 2.75) is 84.5 Å². The number of phenols is 1. The molecule has 1 heterocycles. The largest absolute Gasteiger partial charge is 0.505 e. The summed E-state index contributed by atoms with van der Waals surface area (Å²) in [5.41, 5.74) is 3.35. The number of carbonyl (C=O) groups excluding carboxylic acids is 1. The number of nitrogens with zero attached hydrogens (tertiary/aromatic N) is 3. The van der Waals surface area contributed by atoms with Gasteiger partial charge >= 0.3 is 5.97 Å². The van der Waals surface area contributed by atoms with E-state index in [1.807, 2.05) is 39.0 Å². The number of halogens is 1. The van der Waals surface area contributed by atoms with Crippen molar-refractivity contribution >= 4 is 28.6 Å². The number of ether oxygens (including phenoxy) is 1. The molecule has 0 aliphatic rings. The van der Waals surface area contributed by atoms with Crippen molar-refractivity contribution < 1.29 is 14.6 Å². The van der Waals surface area contributed by atoms with E-state index >= 15 is 0 Å². The second-order valence-corrected chi connectivity index (χ2v) is 10.3. The smallest absolute Gasteiger partial charge is 0.306 e. The van der Waals surface area contributed by atoms with Gasteiger partial charge in [0.15, 0.2) is 0 Å². The number of aromatic nitrogens is 3. The van der Waals surface area contributed by atoms with Crippen LogP contribution in [0.25, 0.3) is 16.7 Å². The van der Waals surface area contributed by atoms with Crippen LogP contribution in [0.4, 0.5) is 0 Å². The molecule has 3 rings (SSSR count). The van der Waals surface area contributed by atoms with E-state index in [9.17, 15) is 9.90 Å². The van der Waals surface area contributed by atoms with Crippen molar-refractivity contribution in [2.75, 3.05) is 6.61 Å². The maximum Gasteiger partial charge on any atom is 0.306 e. The standard InChI is InChI=1S/C27H36ClN3O3/c1-5-6-7-8-9-10-15-34-25(32)14-11-19-16-21(27(2,3)4)26(33)24(17-19)31-23-13-12-20(28)18-22(23)29-30-31/h12-13,16-18,33H,5-11,14-15H2,1-4H3. The molecule has 0 spiro atoms. The van der Waals surface area contributed by atoms with Crippen LogP contribution in [0.5, 0.6) is 5.75 Å². The first-order valence-electron chi connectivity index (χ1n) is 12.2. The van der Waals surface area contributed by atoms with E-state index in [1.165, 1.54) is 25.7 Å². The first-order chi connectivity index (χ1) is 16.2. The Morgan fingerprint density at radius 3 is 2.56 bits per heavy atom. The summed E-state index contributed by atoms with van der Waals surface area (Å²) >= 11 is 6.09. The highest BCUT2D eigenvalue weighted by Crippen LogP contribution is 2.37. The van der Waals surface area contributed by atoms with Gasteiger partial charge in [-0.05, 0) is 48.1 Å². The summed E-state index contributed by atoms with van der Waals surface area (Å²) in [5, 5.41) is 20.2. The molecule has 0 radical (unpaired) electrons. The van der Waals surface area contributed by atoms with E-state index in [0.29, 0.717) is 29.3 Å². The monoisotopic (exact) mass is 485 g/mol. The number of unbranched alkanes of at least 4 members (excludes halogenated alkanes) is 5. The maximum absolute atomic E-state index is 12.3. The molecule has 0 aliphatic heterocycles. The van der Waals surface area contributed by atoms with E-state index < -0.39 is 0 Å². The number of aryl methyl sites for hydroxylation is 1. The molecule has 3 aromatic rings. The molecule has 0 unspecified atom stereocenters. The van der Waals surface area contributed by atoms with Crippen LogP contribution in [-0.4, -0.2) is 32.7 Å². The number of carbonyl (C=O) groups is 1. The Bertz CT molecular complexity index is 1120. The summed E-state index contributed by atoms with van der Waals surface area (Å²) < 4.78 is 7.06. The molecule has 2 aromatic carbocycles. The van der Waals surface area contributed by atoms with Crippen molar-refractivity contribution in [3.63, 3.8) is 0 Å². The fourth-order valence-corrected chi connectivity index (χ4v) is 4.18. The second kappa shape index (κ2) is 11.7. The fourth-order valence-electron chi connectivity index (χ4n) is 4.02. The Labute approximate surface area is 207 Å². The third-order valence-electron chi connectivity index (χ3n) is 5.97. The molecule has 0 amide bonds. The predicted molar refractivity (Wildman–Crippen MR) is 137 cm³/mol. The Kier molecular flexibility index (Phi) is 8.95. The molecule has 7 heteroatoms. The van der Waals surface area contributed by atoms with Crippen molar-refractivity contribution in [1.82, 2.24) is 15.0 Å². The minimum absolute atomic E-state index is 0.156. The number of phenolic OH excluding ortho intramolecular Hbond substituents is 1. The molecule has 0 aliphatic carbocycles. The highest BCUT2D eigenvalue weighted by Gasteiger charge is 2.23. The van der Waals surface area contributed by atoms with Gasteiger partial charge in [-0.3, -0.25) is 4.79 Å². The van der Waals surface area contributed by atoms with Crippen LogP contribution in [0, 0.1) is 0 Å². The molecule has 1 aromatic heterocycles. The van der Waals surface area contributed by atoms with Crippen LogP contribution in [0.3, 0.4) is 0 Å². The Hall–Kier alpha value is -2.60. The van der Waals surface area contributed by atoms with Gasteiger partial charge in [0, 0.05) is 17.0 Å². The van der Waals surface area contributed by atoms with Gasteiger partial charge in [-0.2, -0.15) is 0 Å². The van der Waals surface area contributed by atoms with Crippen LogP contribution in [0.15, 0.2) is 30.3 Å². The van der Waals surface area contributed by atoms with Gasteiger partial charge in [0.1, 0.15) is 17.0 Å². The molecule has 0 fully saturated rings. The van der Waals surface area contributed by atoms with Crippen molar-refractivity contribution in [3.8, 4) is 11.4 Å². The molecular weight excluding hydrogens is 450 g/mol. The molecule has 184 valence electrons. The number of benzene rings is 2. The highest BCUT2D eigenvalue weighted by atomic mass is 35.5. The van der Waals surface area contributed by atoms with E-state index in [1.54, 1.807) is 16.8 Å². The van der Waals surface area contributed by atoms with Crippen molar-refractivity contribution in [2.24, 2.45) is 0 Å². The summed E-state index contributed by atoms with van der Waals surface area (Å²) in [6.07, 6.45) is 7.76. The Morgan fingerprint density at radius 2 is 1.82 bits per heavy atom. The average Bonchev–Trinajstić information content (AvgIpc) is 3.19. The summed E-state index contributed by atoms with van der Waals surface area (Å²) in [5.74, 6) is -0.0370. The lowest BCUT2D eigenvalue weighted by atomic mass is 9.84. The summed E-state index contributed by atoms with van der Waals surface area (Å²) in [6, 6.07) is 9.19. The number of rotatable bonds is 11. The number of hydrogen-bond donors (Lipinski definition) is 1. The zero-order valence-electron chi connectivity index (χ0n) is 20.7. The quantitative estimate of drug-likeness (QED) is 0.236. The molecule has 34 heavy (non-hydrogen) atoms. The van der Waals surface area contributed by atoms with Crippen LogP contribution in [0.2, 0.25) is 5.02 Å². The van der Waals surface area contributed by atoms with Gasteiger partial charge in [-0.15, -0.1) is 5.10 Å². The van der Waals surface area contributed by atoms with Crippen LogP contribution in [0.1, 0.15) is 83.8 Å². The molecule has 0 atom stereocenters. The van der Waals surface area contributed by atoms with Gasteiger partial charge in [0.2, 0.25) is 0 Å². The van der Waals surface area contributed by atoms with Crippen LogP contribution < -0.4 is 0 Å². The van der Waals surface area contributed by atoms with E-state index in [-0.39, 0.29) is 23.6 Å².